The lowest BCUT2D eigenvalue weighted by Gasteiger charge is -2.15. The zero-order valence-corrected chi connectivity index (χ0v) is 15.1. The number of fused-ring (bicyclic) bond motifs is 3. The monoisotopic (exact) mass is 326 g/mol. The highest BCUT2D eigenvalue weighted by molar-refractivity contribution is 5.78. The summed E-state index contributed by atoms with van der Waals surface area (Å²) in [6, 6.07) is 24.6. The minimum atomic E-state index is 1.11. The van der Waals surface area contributed by atoms with Crippen molar-refractivity contribution in [1.82, 2.24) is 0 Å². The van der Waals surface area contributed by atoms with Gasteiger partial charge in [-0.1, -0.05) is 80.1 Å². The third-order valence-corrected chi connectivity index (χ3v) is 5.51. The van der Waals surface area contributed by atoms with Crippen molar-refractivity contribution >= 4 is 0 Å². The zero-order valence-electron chi connectivity index (χ0n) is 15.1. The maximum absolute atomic E-state index is 2.40. The van der Waals surface area contributed by atoms with Gasteiger partial charge in [0.1, 0.15) is 0 Å². The Bertz CT molecular complexity index is 858. The van der Waals surface area contributed by atoms with Crippen molar-refractivity contribution < 1.29 is 0 Å². The summed E-state index contributed by atoms with van der Waals surface area (Å²) in [5, 5.41) is 0. The van der Waals surface area contributed by atoms with E-state index in [1.165, 1.54) is 41.5 Å². The van der Waals surface area contributed by atoms with Crippen LogP contribution in [0.1, 0.15) is 47.6 Å². The van der Waals surface area contributed by atoms with Crippen molar-refractivity contribution in [3.63, 3.8) is 0 Å². The Hall–Kier alpha value is -2.34. The molecule has 25 heavy (non-hydrogen) atoms. The molecule has 0 unspecified atom stereocenters. The van der Waals surface area contributed by atoms with Gasteiger partial charge in [-0.3, -0.25) is 0 Å². The molecule has 0 saturated carbocycles. The lowest BCUT2D eigenvalue weighted by atomic mass is 9.89. The lowest BCUT2D eigenvalue weighted by molar-refractivity contribution is 0.780. The molecule has 0 N–H and O–H groups in total. The van der Waals surface area contributed by atoms with E-state index in [0.29, 0.717) is 0 Å². The summed E-state index contributed by atoms with van der Waals surface area (Å²) < 4.78 is 0. The second-order valence-electron chi connectivity index (χ2n) is 7.15. The Labute approximate surface area is 151 Å². The molecule has 126 valence electrons. The summed E-state index contributed by atoms with van der Waals surface area (Å²) in [7, 11) is 0. The lowest BCUT2D eigenvalue weighted by Crippen LogP contribution is -2.02. The average Bonchev–Trinajstić information content (AvgIpc) is 3.04. The van der Waals surface area contributed by atoms with Crippen LogP contribution in [0, 0.1) is 0 Å². The second-order valence-corrected chi connectivity index (χ2v) is 7.15. The van der Waals surface area contributed by atoms with Crippen LogP contribution >= 0.6 is 0 Å². The standard InChI is InChI=1S/C25H26/c1-2-3-11-20-15-17-24-22-13-8-7-12-21(22)18-25(24)23(20)16-14-19-9-5-4-6-10-19/h4-10,12-13,15,17H,2-3,11,14,16,18H2,1H3. The van der Waals surface area contributed by atoms with Crippen LogP contribution in [0.15, 0.2) is 66.7 Å². The highest BCUT2D eigenvalue weighted by atomic mass is 14.3. The minimum absolute atomic E-state index is 1.11. The van der Waals surface area contributed by atoms with Crippen molar-refractivity contribution in [2.24, 2.45) is 0 Å². The fourth-order valence-corrected chi connectivity index (χ4v) is 4.15. The molecule has 0 aromatic heterocycles. The molecule has 0 heteroatoms. The van der Waals surface area contributed by atoms with Crippen LogP contribution in [0.4, 0.5) is 0 Å². The highest BCUT2D eigenvalue weighted by Crippen LogP contribution is 2.40. The van der Waals surface area contributed by atoms with Gasteiger partial charge in [0, 0.05) is 0 Å². The maximum Gasteiger partial charge on any atom is -0.00106 e. The molecule has 1 aliphatic rings. The van der Waals surface area contributed by atoms with Gasteiger partial charge in [0.2, 0.25) is 0 Å². The van der Waals surface area contributed by atoms with Gasteiger partial charge in [0.25, 0.3) is 0 Å². The Balaban J connectivity index is 1.69. The molecule has 0 amide bonds. The summed E-state index contributed by atoms with van der Waals surface area (Å²) in [6.45, 7) is 2.28. The molecule has 0 saturated heterocycles. The normalized spacial score (nSPS) is 12.0. The highest BCUT2D eigenvalue weighted by Gasteiger charge is 2.22. The van der Waals surface area contributed by atoms with Crippen molar-refractivity contribution in [2.75, 3.05) is 0 Å². The molecular weight excluding hydrogens is 300 g/mol. The molecule has 0 nitrogen and oxygen atoms in total. The van der Waals surface area contributed by atoms with E-state index in [1.807, 2.05) is 0 Å². The van der Waals surface area contributed by atoms with E-state index in [2.05, 4.69) is 73.7 Å². The van der Waals surface area contributed by atoms with E-state index in [0.717, 1.165) is 19.3 Å². The molecule has 0 atom stereocenters. The van der Waals surface area contributed by atoms with E-state index < -0.39 is 0 Å². The Morgan fingerprint density at radius 2 is 1.52 bits per heavy atom. The largest absolute Gasteiger partial charge is 0.0654 e. The van der Waals surface area contributed by atoms with Gasteiger partial charge in [-0.05, 0) is 71.0 Å². The predicted molar refractivity (Wildman–Crippen MR) is 107 cm³/mol. The van der Waals surface area contributed by atoms with Gasteiger partial charge in [-0.15, -0.1) is 0 Å². The molecule has 3 aromatic rings. The second kappa shape index (κ2) is 7.27. The first-order valence-corrected chi connectivity index (χ1v) is 9.62. The first-order chi connectivity index (χ1) is 12.4. The summed E-state index contributed by atoms with van der Waals surface area (Å²) >= 11 is 0. The topological polar surface area (TPSA) is 0 Å². The maximum atomic E-state index is 2.40. The Kier molecular flexibility index (Phi) is 4.70. The molecule has 0 bridgehead atoms. The van der Waals surface area contributed by atoms with Crippen molar-refractivity contribution in [1.29, 1.82) is 0 Å². The molecule has 0 fully saturated rings. The average molecular weight is 326 g/mol. The summed E-state index contributed by atoms with van der Waals surface area (Å²) in [6.07, 6.45) is 7.15. The number of benzene rings is 3. The number of hydrogen-bond donors (Lipinski definition) is 0. The molecular formula is C25H26. The molecule has 3 aromatic carbocycles. The third kappa shape index (κ3) is 3.26. The van der Waals surface area contributed by atoms with Crippen molar-refractivity contribution in [2.45, 2.75) is 45.4 Å². The van der Waals surface area contributed by atoms with Crippen LogP contribution in [0.25, 0.3) is 11.1 Å². The van der Waals surface area contributed by atoms with Crippen molar-refractivity contribution in [3.8, 4) is 11.1 Å². The quantitative estimate of drug-likeness (QED) is 0.385. The molecule has 0 spiro atoms. The van der Waals surface area contributed by atoms with Crippen LogP contribution in [-0.4, -0.2) is 0 Å². The first-order valence-electron chi connectivity index (χ1n) is 9.62. The number of unbranched alkanes of at least 4 members (excludes halogenated alkanes) is 1. The van der Waals surface area contributed by atoms with E-state index in [9.17, 15) is 0 Å². The number of aryl methyl sites for hydroxylation is 2. The van der Waals surface area contributed by atoms with Crippen molar-refractivity contribution in [3.05, 3.63) is 94.5 Å². The van der Waals surface area contributed by atoms with E-state index >= 15 is 0 Å². The van der Waals surface area contributed by atoms with Crippen LogP contribution in [0.2, 0.25) is 0 Å². The summed E-state index contributed by atoms with van der Waals surface area (Å²) in [5.41, 5.74) is 10.6. The van der Waals surface area contributed by atoms with E-state index in [-0.39, 0.29) is 0 Å². The molecule has 1 aliphatic carbocycles. The van der Waals surface area contributed by atoms with Gasteiger partial charge < -0.3 is 0 Å². The number of rotatable bonds is 6. The smallest absolute Gasteiger partial charge is 0.00106 e. The van der Waals surface area contributed by atoms with E-state index in [4.69, 9.17) is 0 Å². The Morgan fingerprint density at radius 3 is 2.36 bits per heavy atom. The van der Waals surface area contributed by atoms with Gasteiger partial charge in [0.15, 0.2) is 0 Å². The summed E-state index contributed by atoms with van der Waals surface area (Å²) in [5.74, 6) is 0. The minimum Gasteiger partial charge on any atom is -0.0654 e. The van der Waals surface area contributed by atoms with Crippen LogP contribution in [-0.2, 0) is 25.7 Å². The zero-order chi connectivity index (χ0) is 17.1. The van der Waals surface area contributed by atoms with Crippen LogP contribution < -0.4 is 0 Å². The fraction of sp³-hybridized carbons (Fsp3) is 0.280. The Morgan fingerprint density at radius 1 is 0.720 bits per heavy atom. The fourth-order valence-electron chi connectivity index (χ4n) is 4.15. The summed E-state index contributed by atoms with van der Waals surface area (Å²) in [4.78, 5) is 0. The third-order valence-electron chi connectivity index (χ3n) is 5.51. The molecule has 0 radical (unpaired) electrons. The molecule has 0 aliphatic heterocycles. The van der Waals surface area contributed by atoms with Gasteiger partial charge in [-0.2, -0.15) is 0 Å². The molecule has 0 heterocycles. The van der Waals surface area contributed by atoms with E-state index in [1.54, 1.807) is 16.7 Å². The number of hydrogen-bond acceptors (Lipinski definition) is 0. The van der Waals surface area contributed by atoms with Gasteiger partial charge in [-0.25, -0.2) is 0 Å². The predicted octanol–water partition coefficient (Wildman–Crippen LogP) is 6.39. The van der Waals surface area contributed by atoms with Gasteiger partial charge in [0.05, 0.1) is 0 Å². The first kappa shape index (κ1) is 16.1. The molecule has 4 rings (SSSR count). The van der Waals surface area contributed by atoms with Crippen LogP contribution in [0.3, 0.4) is 0 Å². The SMILES string of the molecule is CCCCc1ccc2c(c1CCc1ccccc1)Cc1ccccc1-2. The van der Waals surface area contributed by atoms with Gasteiger partial charge >= 0.3 is 0 Å². The van der Waals surface area contributed by atoms with Crippen LogP contribution in [0.5, 0.6) is 0 Å².